The Labute approximate surface area is 97.6 Å². The molecule has 2 rings (SSSR count). The van der Waals surface area contributed by atoms with Crippen molar-refractivity contribution in [1.82, 2.24) is 0 Å². The molecule has 0 saturated heterocycles. The molecular formula is C10H7BrF3NO. The van der Waals surface area contributed by atoms with Gasteiger partial charge in [0, 0.05) is 23.0 Å². The quantitative estimate of drug-likeness (QED) is 0.850. The highest BCUT2D eigenvalue weighted by Gasteiger charge is 2.31. The molecule has 0 unspecified atom stereocenters. The highest BCUT2D eigenvalue weighted by atomic mass is 79.9. The van der Waals surface area contributed by atoms with Gasteiger partial charge in [-0.2, -0.15) is 13.2 Å². The molecule has 0 aliphatic carbocycles. The zero-order valence-electron chi connectivity index (χ0n) is 8.15. The lowest BCUT2D eigenvalue weighted by atomic mass is 10.1. The number of hydrogen-bond donors (Lipinski definition) is 1. The van der Waals surface area contributed by atoms with Crippen LogP contribution in [0.4, 0.5) is 19.1 Å². The second-order valence-electron chi connectivity index (χ2n) is 3.23. The van der Waals surface area contributed by atoms with E-state index in [1.165, 1.54) is 0 Å². The standard InChI is InChI=1S/C10H7BrF3NO/c1-15-9-4-6-7(11)2-5(10(12,13)14)3-8(6)16-9/h2-4,15H,1H3. The van der Waals surface area contributed by atoms with Crippen LogP contribution in [0.2, 0.25) is 0 Å². The number of furan rings is 1. The Morgan fingerprint density at radius 2 is 1.94 bits per heavy atom. The normalized spacial score (nSPS) is 12.1. The molecule has 0 aliphatic heterocycles. The van der Waals surface area contributed by atoms with Crippen LogP contribution >= 0.6 is 15.9 Å². The molecule has 0 fully saturated rings. The van der Waals surface area contributed by atoms with Gasteiger partial charge in [-0.3, -0.25) is 0 Å². The van der Waals surface area contributed by atoms with Crippen molar-refractivity contribution in [2.75, 3.05) is 12.4 Å². The van der Waals surface area contributed by atoms with Crippen molar-refractivity contribution in [3.8, 4) is 0 Å². The van der Waals surface area contributed by atoms with Gasteiger partial charge in [0.15, 0.2) is 5.88 Å². The zero-order chi connectivity index (χ0) is 11.9. The van der Waals surface area contributed by atoms with E-state index in [0.717, 1.165) is 12.1 Å². The predicted molar refractivity (Wildman–Crippen MR) is 58.5 cm³/mol. The van der Waals surface area contributed by atoms with Crippen LogP contribution in [0.15, 0.2) is 27.1 Å². The molecule has 1 aromatic carbocycles. The van der Waals surface area contributed by atoms with Crippen LogP contribution in [0.3, 0.4) is 0 Å². The highest BCUT2D eigenvalue weighted by molar-refractivity contribution is 9.10. The van der Waals surface area contributed by atoms with Crippen LogP contribution in [-0.4, -0.2) is 7.05 Å². The van der Waals surface area contributed by atoms with Gasteiger partial charge in [0.2, 0.25) is 0 Å². The average Bonchev–Trinajstić information content (AvgIpc) is 2.59. The second-order valence-corrected chi connectivity index (χ2v) is 4.08. The van der Waals surface area contributed by atoms with Gasteiger partial charge in [-0.05, 0) is 12.1 Å². The first-order valence-corrected chi connectivity index (χ1v) is 5.19. The minimum atomic E-state index is -4.37. The van der Waals surface area contributed by atoms with Gasteiger partial charge in [-0.25, -0.2) is 0 Å². The fourth-order valence-corrected chi connectivity index (χ4v) is 1.94. The maximum absolute atomic E-state index is 12.5. The monoisotopic (exact) mass is 293 g/mol. The summed E-state index contributed by atoms with van der Waals surface area (Å²) in [4.78, 5) is 0. The van der Waals surface area contributed by atoms with Crippen LogP contribution in [0.1, 0.15) is 5.56 Å². The largest absolute Gasteiger partial charge is 0.441 e. The lowest BCUT2D eigenvalue weighted by molar-refractivity contribution is -0.137. The minimum absolute atomic E-state index is 0.200. The van der Waals surface area contributed by atoms with E-state index < -0.39 is 11.7 Å². The van der Waals surface area contributed by atoms with Gasteiger partial charge >= 0.3 is 6.18 Å². The predicted octanol–water partition coefficient (Wildman–Crippen LogP) is 4.26. The molecule has 0 saturated carbocycles. The molecule has 1 aromatic heterocycles. The molecule has 86 valence electrons. The van der Waals surface area contributed by atoms with Crippen molar-refractivity contribution < 1.29 is 17.6 Å². The van der Waals surface area contributed by atoms with Crippen molar-refractivity contribution in [3.05, 3.63) is 28.2 Å². The number of nitrogens with one attached hydrogen (secondary N) is 1. The third-order valence-corrected chi connectivity index (χ3v) is 2.82. The Hall–Kier alpha value is -1.17. The van der Waals surface area contributed by atoms with E-state index in [0.29, 0.717) is 15.7 Å². The smallest absolute Gasteiger partial charge is 0.416 e. The van der Waals surface area contributed by atoms with E-state index in [1.54, 1.807) is 13.1 Å². The molecule has 2 nitrogen and oxygen atoms in total. The van der Waals surface area contributed by atoms with Crippen LogP contribution in [0.25, 0.3) is 11.0 Å². The third kappa shape index (κ3) is 1.89. The van der Waals surface area contributed by atoms with Crippen LogP contribution in [-0.2, 0) is 6.18 Å². The van der Waals surface area contributed by atoms with Crippen molar-refractivity contribution in [2.24, 2.45) is 0 Å². The van der Waals surface area contributed by atoms with Gasteiger partial charge in [-0.1, -0.05) is 15.9 Å². The summed E-state index contributed by atoms with van der Waals surface area (Å²) in [5, 5.41) is 3.34. The number of rotatable bonds is 1. The van der Waals surface area contributed by atoms with Crippen molar-refractivity contribution in [1.29, 1.82) is 0 Å². The number of alkyl halides is 3. The first-order valence-electron chi connectivity index (χ1n) is 4.40. The summed E-state index contributed by atoms with van der Waals surface area (Å²) in [6.07, 6.45) is -4.37. The Bertz CT molecular complexity index is 533. The van der Waals surface area contributed by atoms with Crippen LogP contribution in [0.5, 0.6) is 0 Å². The number of hydrogen-bond acceptors (Lipinski definition) is 2. The van der Waals surface area contributed by atoms with E-state index in [9.17, 15) is 13.2 Å². The molecule has 0 aliphatic rings. The number of benzene rings is 1. The van der Waals surface area contributed by atoms with Crippen LogP contribution in [0, 0.1) is 0 Å². The average molecular weight is 294 g/mol. The Kier molecular flexibility index (Phi) is 2.61. The highest BCUT2D eigenvalue weighted by Crippen LogP contribution is 2.37. The second kappa shape index (κ2) is 3.69. The molecule has 1 N–H and O–H groups in total. The SMILES string of the molecule is CNc1cc2c(Br)cc(C(F)(F)F)cc2o1. The van der Waals surface area contributed by atoms with Gasteiger partial charge < -0.3 is 9.73 Å². The lowest BCUT2D eigenvalue weighted by Crippen LogP contribution is -2.04. The van der Waals surface area contributed by atoms with Gasteiger partial charge in [0.1, 0.15) is 5.58 Å². The van der Waals surface area contributed by atoms with Crippen molar-refractivity contribution in [2.45, 2.75) is 6.18 Å². The van der Waals surface area contributed by atoms with Gasteiger partial charge in [0.25, 0.3) is 0 Å². The molecule has 0 bridgehead atoms. The zero-order valence-corrected chi connectivity index (χ0v) is 9.74. The summed E-state index contributed by atoms with van der Waals surface area (Å²) in [5.74, 6) is 0.426. The van der Waals surface area contributed by atoms with Gasteiger partial charge in [0.05, 0.1) is 5.56 Å². The summed E-state index contributed by atoms with van der Waals surface area (Å²) in [7, 11) is 1.64. The molecule has 1 heterocycles. The third-order valence-electron chi connectivity index (χ3n) is 2.16. The van der Waals surface area contributed by atoms with Gasteiger partial charge in [-0.15, -0.1) is 0 Å². The first kappa shape index (κ1) is 11.3. The molecule has 16 heavy (non-hydrogen) atoms. The van der Waals surface area contributed by atoms with Crippen LogP contribution < -0.4 is 5.32 Å². The summed E-state index contributed by atoms with van der Waals surface area (Å²) in [6, 6.07) is 3.66. The fraction of sp³-hybridized carbons (Fsp3) is 0.200. The summed E-state index contributed by atoms with van der Waals surface area (Å²) in [5.41, 5.74) is -0.532. The Balaban J connectivity index is 2.67. The maximum atomic E-state index is 12.5. The summed E-state index contributed by atoms with van der Waals surface area (Å²) >= 11 is 3.09. The van der Waals surface area contributed by atoms with E-state index in [1.807, 2.05) is 0 Å². The topological polar surface area (TPSA) is 25.2 Å². The fourth-order valence-electron chi connectivity index (χ4n) is 1.38. The van der Waals surface area contributed by atoms with E-state index in [-0.39, 0.29) is 5.58 Å². The molecule has 6 heteroatoms. The Morgan fingerprint density at radius 1 is 1.25 bits per heavy atom. The number of anilines is 1. The minimum Gasteiger partial charge on any atom is -0.441 e. The summed E-state index contributed by atoms with van der Waals surface area (Å²) < 4.78 is 43.1. The number of halogens is 4. The number of fused-ring (bicyclic) bond motifs is 1. The molecule has 0 amide bonds. The summed E-state index contributed by atoms with van der Waals surface area (Å²) in [6.45, 7) is 0. The van der Waals surface area contributed by atoms with E-state index in [2.05, 4.69) is 21.2 Å². The lowest BCUT2D eigenvalue weighted by Gasteiger charge is -2.06. The molecule has 0 spiro atoms. The van der Waals surface area contributed by atoms with E-state index >= 15 is 0 Å². The Morgan fingerprint density at radius 3 is 2.50 bits per heavy atom. The van der Waals surface area contributed by atoms with Crippen molar-refractivity contribution >= 4 is 32.8 Å². The molecule has 0 radical (unpaired) electrons. The molecule has 2 aromatic rings. The van der Waals surface area contributed by atoms with E-state index in [4.69, 9.17) is 4.42 Å². The van der Waals surface area contributed by atoms with Crippen molar-refractivity contribution in [3.63, 3.8) is 0 Å². The first-order chi connectivity index (χ1) is 7.41. The maximum Gasteiger partial charge on any atom is 0.416 e. The molecular weight excluding hydrogens is 287 g/mol. The molecule has 0 atom stereocenters.